The highest BCUT2D eigenvalue weighted by Crippen LogP contribution is 2.21. The molecule has 0 aromatic carbocycles. The number of hydrogen-bond acceptors (Lipinski definition) is 6. The molecule has 7 nitrogen and oxygen atoms in total. The maximum Gasteiger partial charge on any atom is 0.276 e. The summed E-state index contributed by atoms with van der Waals surface area (Å²) in [5, 5.41) is 6.66. The first-order valence-electron chi connectivity index (χ1n) is 8.01. The largest absolute Gasteiger partial charge is 0.361 e. The van der Waals surface area contributed by atoms with Crippen molar-refractivity contribution in [2.24, 2.45) is 0 Å². The molecule has 3 heterocycles. The van der Waals surface area contributed by atoms with Crippen molar-refractivity contribution in [2.75, 3.05) is 39.3 Å². The van der Waals surface area contributed by atoms with Crippen LogP contribution in [0, 0.1) is 6.92 Å². The van der Waals surface area contributed by atoms with Crippen LogP contribution in [-0.2, 0) is 0 Å². The van der Waals surface area contributed by atoms with Gasteiger partial charge in [-0.15, -0.1) is 11.3 Å². The van der Waals surface area contributed by atoms with Gasteiger partial charge in [0.25, 0.3) is 11.8 Å². The van der Waals surface area contributed by atoms with Crippen LogP contribution in [0.15, 0.2) is 22.7 Å². The van der Waals surface area contributed by atoms with Crippen LogP contribution in [0.25, 0.3) is 0 Å². The Labute approximate surface area is 154 Å². The maximum absolute atomic E-state index is 12.3. The van der Waals surface area contributed by atoms with E-state index in [1.807, 2.05) is 0 Å². The van der Waals surface area contributed by atoms with E-state index in [-0.39, 0.29) is 11.8 Å². The molecule has 3 rings (SSSR count). The molecule has 2 aromatic rings. The summed E-state index contributed by atoms with van der Waals surface area (Å²) in [6.07, 6.45) is 0. The van der Waals surface area contributed by atoms with Crippen molar-refractivity contribution in [1.29, 1.82) is 0 Å². The fourth-order valence-electron chi connectivity index (χ4n) is 2.65. The minimum atomic E-state index is -0.105. The molecule has 9 heteroatoms. The molecule has 0 radical (unpaired) electrons. The Morgan fingerprint density at radius 3 is 2.68 bits per heavy atom. The molecular formula is C16H19ClN4O3S. The van der Waals surface area contributed by atoms with Crippen molar-refractivity contribution in [3.05, 3.63) is 38.9 Å². The number of piperazine rings is 1. The van der Waals surface area contributed by atoms with Gasteiger partial charge in [-0.1, -0.05) is 16.8 Å². The lowest BCUT2D eigenvalue weighted by molar-refractivity contribution is 0.0628. The van der Waals surface area contributed by atoms with Crippen molar-refractivity contribution < 1.29 is 14.1 Å². The third-order valence-electron chi connectivity index (χ3n) is 4.02. The number of hydrogen-bond donors (Lipinski definition) is 1. The highest BCUT2D eigenvalue weighted by molar-refractivity contribution is 7.17. The third kappa shape index (κ3) is 4.59. The van der Waals surface area contributed by atoms with Crippen LogP contribution in [0.2, 0.25) is 4.34 Å². The first-order valence-corrected chi connectivity index (χ1v) is 9.21. The molecule has 0 bridgehead atoms. The average molecular weight is 383 g/mol. The van der Waals surface area contributed by atoms with Gasteiger partial charge in [0.1, 0.15) is 5.76 Å². The van der Waals surface area contributed by atoms with Gasteiger partial charge in [0, 0.05) is 45.3 Å². The molecular weight excluding hydrogens is 364 g/mol. The van der Waals surface area contributed by atoms with Gasteiger partial charge in [-0.25, -0.2) is 0 Å². The van der Waals surface area contributed by atoms with Crippen LogP contribution in [0.1, 0.15) is 25.9 Å². The fraction of sp³-hybridized carbons (Fsp3) is 0.438. The SMILES string of the molecule is Cc1cc(C(=O)N2CCN(CCNC(=O)c3ccc(Cl)s3)CC2)no1. The second-order valence-corrected chi connectivity index (χ2v) is 7.53. The molecule has 0 atom stereocenters. The maximum atomic E-state index is 12.3. The standard InChI is InChI=1S/C16H19ClN4O3S/c1-11-10-12(19-24-11)16(23)21-8-6-20(7-9-21)5-4-18-15(22)13-2-3-14(17)25-13/h2-3,10H,4-9H2,1H3,(H,18,22). The van der Waals surface area contributed by atoms with Gasteiger partial charge in [0.05, 0.1) is 9.21 Å². The van der Waals surface area contributed by atoms with Gasteiger partial charge >= 0.3 is 0 Å². The quantitative estimate of drug-likeness (QED) is 0.854. The molecule has 25 heavy (non-hydrogen) atoms. The number of halogens is 1. The molecule has 1 aliphatic rings. The summed E-state index contributed by atoms with van der Waals surface area (Å²) in [5.74, 6) is 0.427. The summed E-state index contributed by atoms with van der Waals surface area (Å²) in [5.41, 5.74) is 0.354. The predicted molar refractivity (Wildman–Crippen MR) is 95.2 cm³/mol. The zero-order chi connectivity index (χ0) is 17.8. The van der Waals surface area contributed by atoms with Crippen molar-refractivity contribution in [3.63, 3.8) is 0 Å². The average Bonchev–Trinajstić information content (AvgIpc) is 3.23. The van der Waals surface area contributed by atoms with Crippen molar-refractivity contribution in [1.82, 2.24) is 20.3 Å². The van der Waals surface area contributed by atoms with E-state index in [0.717, 1.165) is 19.6 Å². The zero-order valence-electron chi connectivity index (χ0n) is 13.8. The normalized spacial score (nSPS) is 15.4. The summed E-state index contributed by atoms with van der Waals surface area (Å²) < 4.78 is 5.56. The topological polar surface area (TPSA) is 78.7 Å². The lowest BCUT2D eigenvalue weighted by atomic mass is 10.2. The summed E-state index contributed by atoms with van der Waals surface area (Å²) in [6, 6.07) is 5.09. The third-order valence-corrected chi connectivity index (χ3v) is 5.25. The molecule has 1 fully saturated rings. The number of thiophene rings is 1. The molecule has 1 saturated heterocycles. The predicted octanol–water partition coefficient (Wildman–Crippen LogP) is 1.89. The number of carbonyl (C=O) groups is 2. The number of nitrogens with one attached hydrogen (secondary N) is 1. The van der Waals surface area contributed by atoms with Crippen LogP contribution >= 0.6 is 22.9 Å². The van der Waals surface area contributed by atoms with Crippen LogP contribution in [-0.4, -0.2) is 66.0 Å². The summed E-state index contributed by atoms with van der Waals surface area (Å²) in [6.45, 7) is 5.88. The first kappa shape index (κ1) is 17.9. The monoisotopic (exact) mass is 382 g/mol. The van der Waals surface area contributed by atoms with Crippen LogP contribution < -0.4 is 5.32 Å². The Bertz CT molecular complexity index is 749. The fourth-order valence-corrected chi connectivity index (χ4v) is 3.61. The van der Waals surface area contributed by atoms with Gasteiger partial charge in [-0.05, 0) is 19.1 Å². The van der Waals surface area contributed by atoms with Gasteiger partial charge in [-0.3, -0.25) is 14.5 Å². The van der Waals surface area contributed by atoms with Gasteiger partial charge in [-0.2, -0.15) is 0 Å². The summed E-state index contributed by atoms with van der Waals surface area (Å²) >= 11 is 7.10. The molecule has 0 unspecified atom stereocenters. The Morgan fingerprint density at radius 2 is 2.08 bits per heavy atom. The number of carbonyl (C=O) groups excluding carboxylic acids is 2. The molecule has 1 N–H and O–H groups in total. The van der Waals surface area contributed by atoms with E-state index in [9.17, 15) is 9.59 Å². The minimum absolute atomic E-state index is 0.0978. The van der Waals surface area contributed by atoms with E-state index in [1.54, 1.807) is 30.0 Å². The molecule has 134 valence electrons. The molecule has 2 amide bonds. The molecule has 0 aliphatic carbocycles. The Hall–Kier alpha value is -1.90. The lowest BCUT2D eigenvalue weighted by Gasteiger charge is -2.34. The van der Waals surface area contributed by atoms with Gasteiger partial charge < -0.3 is 14.7 Å². The Morgan fingerprint density at radius 1 is 1.32 bits per heavy atom. The highest BCUT2D eigenvalue weighted by Gasteiger charge is 2.24. The molecule has 1 aliphatic heterocycles. The van der Waals surface area contributed by atoms with E-state index in [0.29, 0.717) is 40.3 Å². The minimum Gasteiger partial charge on any atom is -0.361 e. The molecule has 2 aromatic heterocycles. The van der Waals surface area contributed by atoms with E-state index < -0.39 is 0 Å². The van der Waals surface area contributed by atoms with Gasteiger partial charge in [0.2, 0.25) is 0 Å². The Balaban J connectivity index is 1.39. The molecule has 0 saturated carbocycles. The first-order chi connectivity index (χ1) is 12.0. The highest BCUT2D eigenvalue weighted by atomic mass is 35.5. The second-order valence-electron chi connectivity index (χ2n) is 5.82. The van der Waals surface area contributed by atoms with Crippen LogP contribution in [0.4, 0.5) is 0 Å². The van der Waals surface area contributed by atoms with Gasteiger partial charge in [0.15, 0.2) is 5.69 Å². The summed E-state index contributed by atoms with van der Waals surface area (Å²) in [4.78, 5) is 28.9. The zero-order valence-corrected chi connectivity index (χ0v) is 15.4. The van der Waals surface area contributed by atoms with Crippen molar-refractivity contribution in [3.8, 4) is 0 Å². The number of aryl methyl sites for hydroxylation is 1. The van der Waals surface area contributed by atoms with E-state index in [2.05, 4.69) is 15.4 Å². The van der Waals surface area contributed by atoms with E-state index in [4.69, 9.17) is 16.1 Å². The molecule has 0 spiro atoms. The Kier molecular flexibility index (Phi) is 5.72. The van der Waals surface area contributed by atoms with Crippen LogP contribution in [0.5, 0.6) is 0 Å². The van der Waals surface area contributed by atoms with Crippen molar-refractivity contribution >= 4 is 34.8 Å². The number of amides is 2. The van der Waals surface area contributed by atoms with E-state index >= 15 is 0 Å². The lowest BCUT2D eigenvalue weighted by Crippen LogP contribution is -2.50. The number of rotatable bonds is 5. The number of nitrogens with zero attached hydrogens (tertiary/aromatic N) is 3. The smallest absolute Gasteiger partial charge is 0.276 e. The van der Waals surface area contributed by atoms with E-state index in [1.165, 1.54) is 11.3 Å². The summed E-state index contributed by atoms with van der Waals surface area (Å²) in [7, 11) is 0. The number of aromatic nitrogens is 1. The van der Waals surface area contributed by atoms with Crippen molar-refractivity contribution in [2.45, 2.75) is 6.92 Å². The van der Waals surface area contributed by atoms with Crippen LogP contribution in [0.3, 0.4) is 0 Å². The second kappa shape index (κ2) is 7.99.